The van der Waals surface area contributed by atoms with E-state index in [1.807, 2.05) is 0 Å². The van der Waals surface area contributed by atoms with Gasteiger partial charge in [0.25, 0.3) is 0 Å². The molecular weight excluding hydrogens is 192 g/mol. The van der Waals surface area contributed by atoms with Crippen LogP contribution in [0.15, 0.2) is 30.3 Å². The smallest absolute Gasteiger partial charge is 0.0132 e. The first kappa shape index (κ1) is 17.6. The molecule has 0 spiro atoms. The maximum atomic E-state index is 2.22. The molecular formula is C16H30. The molecule has 0 atom stereocenters. The van der Waals surface area contributed by atoms with E-state index in [0.29, 0.717) is 10.8 Å². The van der Waals surface area contributed by atoms with Gasteiger partial charge in [0.1, 0.15) is 0 Å². The first-order valence-corrected chi connectivity index (χ1v) is 5.66. The lowest BCUT2D eigenvalue weighted by molar-refractivity contribution is 0.469. The second-order valence-corrected chi connectivity index (χ2v) is 6.62. The standard InChI is InChI=1S/C10H14.C5H12.CH4/c1-10(2,3)9-7-5-4-6-8-9;1-5(2,3)4;/h4-8H,1-3H3;1-4H3;1H4. The molecule has 94 valence electrons. The van der Waals surface area contributed by atoms with Gasteiger partial charge in [-0.3, -0.25) is 0 Å². The van der Waals surface area contributed by atoms with Gasteiger partial charge in [-0.1, -0.05) is 86.2 Å². The fourth-order valence-electron chi connectivity index (χ4n) is 0.938. The topological polar surface area (TPSA) is 0 Å². The molecule has 0 aliphatic rings. The van der Waals surface area contributed by atoms with Crippen molar-refractivity contribution in [1.82, 2.24) is 0 Å². The van der Waals surface area contributed by atoms with Crippen molar-refractivity contribution in [2.45, 2.75) is 61.3 Å². The third-order valence-electron chi connectivity index (χ3n) is 1.64. The van der Waals surface area contributed by atoms with Crippen molar-refractivity contribution >= 4 is 0 Å². The average molecular weight is 222 g/mol. The maximum absolute atomic E-state index is 2.22. The largest absolute Gasteiger partial charge is 0.0776 e. The summed E-state index contributed by atoms with van der Waals surface area (Å²) >= 11 is 0. The van der Waals surface area contributed by atoms with Crippen molar-refractivity contribution in [2.24, 2.45) is 5.41 Å². The summed E-state index contributed by atoms with van der Waals surface area (Å²) in [6.45, 7) is 15.4. The second-order valence-electron chi connectivity index (χ2n) is 6.62. The van der Waals surface area contributed by atoms with Crippen molar-refractivity contribution in [3.05, 3.63) is 35.9 Å². The molecule has 1 aromatic carbocycles. The minimum Gasteiger partial charge on any atom is -0.0776 e. The van der Waals surface area contributed by atoms with Crippen molar-refractivity contribution in [2.75, 3.05) is 0 Å². The monoisotopic (exact) mass is 222 g/mol. The predicted octanol–water partition coefficient (Wildman–Crippen LogP) is 5.67. The van der Waals surface area contributed by atoms with Gasteiger partial charge in [0, 0.05) is 0 Å². The Hall–Kier alpha value is -0.780. The fraction of sp³-hybridized carbons (Fsp3) is 0.625. The van der Waals surface area contributed by atoms with Crippen LogP contribution in [0.1, 0.15) is 61.5 Å². The highest BCUT2D eigenvalue weighted by Gasteiger charge is 2.11. The van der Waals surface area contributed by atoms with E-state index in [9.17, 15) is 0 Å². The minimum absolute atomic E-state index is 0. The molecule has 0 fully saturated rings. The Balaban J connectivity index is 0. The molecule has 1 rings (SSSR count). The average Bonchev–Trinajstić information content (AvgIpc) is 2.01. The molecule has 1 aromatic rings. The lowest BCUT2D eigenvalue weighted by Crippen LogP contribution is -2.10. The molecule has 0 aromatic heterocycles. The molecule has 0 amide bonds. The summed E-state index contributed by atoms with van der Waals surface area (Å²) in [5, 5.41) is 0. The molecule has 0 nitrogen and oxygen atoms in total. The first-order valence-electron chi connectivity index (χ1n) is 5.66. The minimum atomic E-state index is 0. The predicted molar refractivity (Wildman–Crippen MR) is 77.0 cm³/mol. The quantitative estimate of drug-likeness (QED) is 0.530. The maximum Gasteiger partial charge on any atom is -0.0132 e. The summed E-state index contributed by atoms with van der Waals surface area (Å²) in [6.07, 6.45) is 0. The van der Waals surface area contributed by atoms with Gasteiger partial charge in [-0.15, -0.1) is 0 Å². The molecule has 0 heterocycles. The van der Waals surface area contributed by atoms with E-state index in [-0.39, 0.29) is 7.43 Å². The van der Waals surface area contributed by atoms with Gasteiger partial charge >= 0.3 is 0 Å². The van der Waals surface area contributed by atoms with Crippen LogP contribution in [0.3, 0.4) is 0 Å². The van der Waals surface area contributed by atoms with Crippen LogP contribution in [0.4, 0.5) is 0 Å². The third-order valence-corrected chi connectivity index (χ3v) is 1.64. The van der Waals surface area contributed by atoms with Crippen LogP contribution in [-0.2, 0) is 5.41 Å². The van der Waals surface area contributed by atoms with Crippen LogP contribution in [0.25, 0.3) is 0 Å². The highest BCUT2D eigenvalue weighted by Crippen LogP contribution is 2.20. The molecule has 0 unspecified atom stereocenters. The van der Waals surface area contributed by atoms with E-state index in [2.05, 4.69) is 78.8 Å². The summed E-state index contributed by atoms with van der Waals surface area (Å²) in [5.74, 6) is 0. The van der Waals surface area contributed by atoms with Gasteiger partial charge in [0.2, 0.25) is 0 Å². The van der Waals surface area contributed by atoms with Gasteiger partial charge in [0.05, 0.1) is 0 Å². The van der Waals surface area contributed by atoms with Gasteiger partial charge in [-0.05, 0) is 16.4 Å². The molecule has 0 aliphatic carbocycles. The molecule has 0 aliphatic heterocycles. The molecule has 0 bridgehead atoms. The van der Waals surface area contributed by atoms with Crippen LogP contribution >= 0.6 is 0 Å². The number of benzene rings is 1. The van der Waals surface area contributed by atoms with E-state index in [0.717, 1.165) is 0 Å². The zero-order chi connectivity index (χ0) is 12.1. The van der Waals surface area contributed by atoms with E-state index in [1.54, 1.807) is 0 Å². The zero-order valence-corrected chi connectivity index (χ0v) is 11.4. The van der Waals surface area contributed by atoms with E-state index < -0.39 is 0 Å². The summed E-state index contributed by atoms with van der Waals surface area (Å²) in [7, 11) is 0. The molecule has 0 N–H and O–H groups in total. The first-order chi connectivity index (χ1) is 6.61. The van der Waals surface area contributed by atoms with E-state index >= 15 is 0 Å². The molecule has 0 radical (unpaired) electrons. The molecule has 0 saturated heterocycles. The van der Waals surface area contributed by atoms with Crippen LogP contribution in [-0.4, -0.2) is 0 Å². The van der Waals surface area contributed by atoms with Crippen molar-refractivity contribution in [3.8, 4) is 0 Å². The summed E-state index contributed by atoms with van der Waals surface area (Å²) in [5.41, 5.74) is 2.19. The third kappa shape index (κ3) is 11.3. The Labute approximate surface area is 103 Å². The van der Waals surface area contributed by atoms with Gasteiger partial charge in [0.15, 0.2) is 0 Å². The van der Waals surface area contributed by atoms with Crippen molar-refractivity contribution < 1.29 is 0 Å². The lowest BCUT2D eigenvalue weighted by atomic mass is 9.87. The second kappa shape index (κ2) is 6.73. The van der Waals surface area contributed by atoms with E-state index in [4.69, 9.17) is 0 Å². The van der Waals surface area contributed by atoms with Gasteiger partial charge in [-0.2, -0.15) is 0 Å². The normalized spacial score (nSPS) is 10.9. The fourth-order valence-corrected chi connectivity index (χ4v) is 0.938. The van der Waals surface area contributed by atoms with Crippen LogP contribution in [0, 0.1) is 5.41 Å². The van der Waals surface area contributed by atoms with E-state index in [1.165, 1.54) is 5.56 Å². The number of hydrogen-bond donors (Lipinski definition) is 0. The Kier molecular flexibility index (Phi) is 7.40. The number of rotatable bonds is 0. The lowest BCUT2D eigenvalue weighted by Gasteiger charge is -2.18. The Morgan fingerprint density at radius 1 is 0.688 bits per heavy atom. The van der Waals surface area contributed by atoms with Crippen LogP contribution < -0.4 is 0 Å². The van der Waals surface area contributed by atoms with Gasteiger partial charge < -0.3 is 0 Å². The van der Waals surface area contributed by atoms with Crippen molar-refractivity contribution in [1.29, 1.82) is 0 Å². The summed E-state index contributed by atoms with van der Waals surface area (Å²) in [6, 6.07) is 10.6. The van der Waals surface area contributed by atoms with Crippen LogP contribution in [0.5, 0.6) is 0 Å². The summed E-state index contributed by atoms with van der Waals surface area (Å²) < 4.78 is 0. The highest BCUT2D eigenvalue weighted by atomic mass is 14.2. The highest BCUT2D eigenvalue weighted by molar-refractivity contribution is 5.21. The molecule has 0 saturated carbocycles. The van der Waals surface area contributed by atoms with Gasteiger partial charge in [-0.25, -0.2) is 0 Å². The SMILES string of the molecule is C.CC(C)(C)C.CC(C)(C)c1ccccc1. The Morgan fingerprint density at radius 2 is 1.00 bits per heavy atom. The zero-order valence-electron chi connectivity index (χ0n) is 11.4. The Bertz CT molecular complexity index is 250. The number of hydrogen-bond acceptors (Lipinski definition) is 0. The molecule has 0 heteroatoms. The Morgan fingerprint density at radius 3 is 1.19 bits per heavy atom. The summed E-state index contributed by atoms with van der Waals surface area (Å²) in [4.78, 5) is 0. The van der Waals surface area contributed by atoms with Crippen molar-refractivity contribution in [3.63, 3.8) is 0 Å². The van der Waals surface area contributed by atoms with Crippen LogP contribution in [0.2, 0.25) is 0 Å². The molecule has 16 heavy (non-hydrogen) atoms.